The average molecular weight is 221 g/mol. The predicted molar refractivity (Wildman–Crippen MR) is 65.5 cm³/mol. The zero-order valence-corrected chi connectivity index (χ0v) is 9.65. The van der Waals surface area contributed by atoms with Crippen LogP contribution in [0.2, 0.25) is 0 Å². The van der Waals surface area contributed by atoms with Crippen LogP contribution in [0, 0.1) is 0 Å². The van der Waals surface area contributed by atoms with Gasteiger partial charge in [-0.3, -0.25) is 0 Å². The first-order chi connectivity index (χ1) is 7.77. The molecule has 1 rings (SSSR count). The van der Waals surface area contributed by atoms with Crippen LogP contribution in [0.3, 0.4) is 0 Å². The van der Waals surface area contributed by atoms with Crippen LogP contribution in [-0.2, 0) is 6.54 Å². The summed E-state index contributed by atoms with van der Waals surface area (Å²) in [4.78, 5) is 0. The molecular formula is C13H19NO2. The second-order valence-corrected chi connectivity index (χ2v) is 3.67. The van der Waals surface area contributed by atoms with Crippen LogP contribution in [0.4, 0.5) is 0 Å². The normalized spacial score (nSPS) is 12.1. The van der Waals surface area contributed by atoms with Crippen molar-refractivity contribution in [2.24, 2.45) is 0 Å². The number of benzene rings is 1. The molecule has 3 heteroatoms. The highest BCUT2D eigenvalue weighted by Crippen LogP contribution is 2.17. The van der Waals surface area contributed by atoms with E-state index in [-0.39, 0.29) is 12.6 Å². The second kappa shape index (κ2) is 7.04. The standard InChI is InChI=1S/C13H19NO2/c1-3-8-16-13-7-5-4-6-12(13)9-14-11(2)10-15/h3-7,11,14-15H,1,8-10H2,2H3/t11-/m0/s1. The van der Waals surface area contributed by atoms with Crippen molar-refractivity contribution in [3.8, 4) is 5.75 Å². The predicted octanol–water partition coefficient (Wildman–Crippen LogP) is 1.72. The maximum atomic E-state index is 8.92. The molecule has 0 saturated carbocycles. The van der Waals surface area contributed by atoms with E-state index >= 15 is 0 Å². The van der Waals surface area contributed by atoms with Crippen molar-refractivity contribution in [1.82, 2.24) is 5.32 Å². The Kier molecular flexibility index (Phi) is 5.61. The molecule has 16 heavy (non-hydrogen) atoms. The van der Waals surface area contributed by atoms with Gasteiger partial charge in [-0.2, -0.15) is 0 Å². The van der Waals surface area contributed by atoms with Crippen molar-refractivity contribution < 1.29 is 9.84 Å². The highest BCUT2D eigenvalue weighted by atomic mass is 16.5. The molecule has 1 atom stereocenters. The number of aliphatic hydroxyl groups excluding tert-OH is 1. The van der Waals surface area contributed by atoms with E-state index in [1.165, 1.54) is 0 Å². The van der Waals surface area contributed by atoms with Crippen molar-refractivity contribution in [3.63, 3.8) is 0 Å². The topological polar surface area (TPSA) is 41.5 Å². The van der Waals surface area contributed by atoms with Gasteiger partial charge in [0.1, 0.15) is 12.4 Å². The lowest BCUT2D eigenvalue weighted by atomic mass is 10.2. The van der Waals surface area contributed by atoms with E-state index < -0.39 is 0 Å². The number of nitrogens with one attached hydrogen (secondary N) is 1. The highest BCUT2D eigenvalue weighted by Gasteiger charge is 2.04. The van der Waals surface area contributed by atoms with E-state index in [9.17, 15) is 0 Å². The number of para-hydroxylation sites is 1. The lowest BCUT2D eigenvalue weighted by Crippen LogP contribution is -2.28. The fraction of sp³-hybridized carbons (Fsp3) is 0.385. The third-order valence-electron chi connectivity index (χ3n) is 2.24. The molecule has 1 aromatic rings. The minimum Gasteiger partial charge on any atom is -0.489 e. The van der Waals surface area contributed by atoms with Gasteiger partial charge in [-0.1, -0.05) is 30.9 Å². The Morgan fingerprint density at radius 1 is 1.50 bits per heavy atom. The second-order valence-electron chi connectivity index (χ2n) is 3.67. The minimum atomic E-state index is 0.0902. The number of ether oxygens (including phenoxy) is 1. The number of hydrogen-bond donors (Lipinski definition) is 2. The van der Waals surface area contributed by atoms with Crippen LogP contribution in [0.1, 0.15) is 12.5 Å². The third kappa shape index (κ3) is 4.04. The smallest absolute Gasteiger partial charge is 0.124 e. The fourth-order valence-electron chi connectivity index (χ4n) is 1.29. The molecule has 0 aromatic heterocycles. The van der Waals surface area contributed by atoms with Crippen LogP contribution >= 0.6 is 0 Å². The summed E-state index contributed by atoms with van der Waals surface area (Å²) in [5.41, 5.74) is 1.09. The number of rotatable bonds is 7. The summed E-state index contributed by atoms with van der Waals surface area (Å²) in [6.45, 7) is 6.89. The van der Waals surface area contributed by atoms with Crippen molar-refractivity contribution >= 4 is 0 Å². The highest BCUT2D eigenvalue weighted by molar-refractivity contribution is 5.33. The maximum absolute atomic E-state index is 8.92. The van der Waals surface area contributed by atoms with E-state index in [4.69, 9.17) is 9.84 Å². The van der Waals surface area contributed by atoms with Gasteiger partial charge in [0, 0.05) is 18.2 Å². The lowest BCUT2D eigenvalue weighted by Gasteiger charge is -2.13. The first kappa shape index (κ1) is 12.7. The molecule has 2 N–H and O–H groups in total. The van der Waals surface area contributed by atoms with Gasteiger partial charge in [0.15, 0.2) is 0 Å². The third-order valence-corrected chi connectivity index (χ3v) is 2.24. The quantitative estimate of drug-likeness (QED) is 0.689. The Labute approximate surface area is 96.8 Å². The molecule has 0 bridgehead atoms. The summed E-state index contributed by atoms with van der Waals surface area (Å²) >= 11 is 0. The average Bonchev–Trinajstić information content (AvgIpc) is 2.34. The van der Waals surface area contributed by atoms with Crippen molar-refractivity contribution in [1.29, 1.82) is 0 Å². The molecule has 0 amide bonds. The monoisotopic (exact) mass is 221 g/mol. The molecule has 0 heterocycles. The Balaban J connectivity index is 2.59. The molecule has 1 aromatic carbocycles. The van der Waals surface area contributed by atoms with Gasteiger partial charge in [0.05, 0.1) is 6.61 Å². The number of aliphatic hydroxyl groups is 1. The summed E-state index contributed by atoms with van der Waals surface area (Å²) in [5, 5.41) is 12.1. The van der Waals surface area contributed by atoms with Gasteiger partial charge < -0.3 is 15.2 Å². The minimum absolute atomic E-state index is 0.0902. The number of hydrogen-bond acceptors (Lipinski definition) is 3. The Morgan fingerprint density at radius 3 is 2.94 bits per heavy atom. The van der Waals surface area contributed by atoms with Crippen molar-refractivity contribution in [2.75, 3.05) is 13.2 Å². The summed E-state index contributed by atoms with van der Waals surface area (Å²) < 4.78 is 5.53. The molecule has 0 radical (unpaired) electrons. The van der Waals surface area contributed by atoms with E-state index in [2.05, 4.69) is 11.9 Å². The van der Waals surface area contributed by atoms with Gasteiger partial charge in [-0.25, -0.2) is 0 Å². The van der Waals surface area contributed by atoms with Crippen LogP contribution < -0.4 is 10.1 Å². The van der Waals surface area contributed by atoms with Crippen LogP contribution in [0.5, 0.6) is 5.75 Å². The fourth-order valence-corrected chi connectivity index (χ4v) is 1.29. The maximum Gasteiger partial charge on any atom is 0.124 e. The molecular weight excluding hydrogens is 202 g/mol. The molecule has 0 saturated heterocycles. The van der Waals surface area contributed by atoms with Gasteiger partial charge in [-0.15, -0.1) is 0 Å². The molecule has 3 nitrogen and oxygen atoms in total. The SMILES string of the molecule is C=CCOc1ccccc1CN[C@@H](C)CO. The molecule has 0 spiro atoms. The van der Waals surface area contributed by atoms with E-state index in [0.717, 1.165) is 11.3 Å². The van der Waals surface area contributed by atoms with E-state index in [1.54, 1.807) is 6.08 Å². The van der Waals surface area contributed by atoms with Crippen LogP contribution in [0.15, 0.2) is 36.9 Å². The van der Waals surface area contributed by atoms with Gasteiger partial charge in [0.2, 0.25) is 0 Å². The summed E-state index contributed by atoms with van der Waals surface area (Å²) in [5.74, 6) is 0.861. The zero-order chi connectivity index (χ0) is 11.8. The van der Waals surface area contributed by atoms with Gasteiger partial charge >= 0.3 is 0 Å². The Morgan fingerprint density at radius 2 is 2.25 bits per heavy atom. The van der Waals surface area contributed by atoms with Crippen molar-refractivity contribution in [2.45, 2.75) is 19.5 Å². The van der Waals surface area contributed by atoms with Gasteiger partial charge in [0.25, 0.3) is 0 Å². The molecule has 0 aliphatic carbocycles. The Bertz CT molecular complexity index is 325. The molecule has 0 fully saturated rings. The summed E-state index contributed by atoms with van der Waals surface area (Å²) in [7, 11) is 0. The largest absolute Gasteiger partial charge is 0.489 e. The lowest BCUT2D eigenvalue weighted by molar-refractivity contribution is 0.250. The first-order valence-electron chi connectivity index (χ1n) is 5.43. The summed E-state index contributed by atoms with van der Waals surface area (Å²) in [6.07, 6.45) is 1.72. The van der Waals surface area contributed by atoms with Crippen LogP contribution in [-0.4, -0.2) is 24.4 Å². The first-order valence-corrected chi connectivity index (χ1v) is 5.43. The molecule has 0 aliphatic heterocycles. The van der Waals surface area contributed by atoms with Crippen molar-refractivity contribution in [3.05, 3.63) is 42.5 Å². The van der Waals surface area contributed by atoms with E-state index in [0.29, 0.717) is 13.2 Å². The van der Waals surface area contributed by atoms with E-state index in [1.807, 2.05) is 31.2 Å². The zero-order valence-electron chi connectivity index (χ0n) is 9.65. The summed E-state index contributed by atoms with van der Waals surface area (Å²) in [6, 6.07) is 7.95. The molecule has 88 valence electrons. The molecule has 0 aliphatic rings. The Hall–Kier alpha value is -1.32. The molecule has 0 unspecified atom stereocenters. The van der Waals surface area contributed by atoms with Crippen LogP contribution in [0.25, 0.3) is 0 Å². The van der Waals surface area contributed by atoms with Gasteiger partial charge in [-0.05, 0) is 13.0 Å².